The minimum Gasteiger partial charge on any atom is -0.496 e. The highest BCUT2D eigenvalue weighted by molar-refractivity contribution is 7.12. The first-order chi connectivity index (χ1) is 8.13. The number of rotatable bonds is 3. The van der Waals surface area contributed by atoms with Crippen molar-refractivity contribution in [1.82, 2.24) is 4.90 Å². The molecule has 0 bridgehead atoms. The Kier molecular flexibility index (Phi) is 3.33. The number of hydrogen-bond acceptors (Lipinski definition) is 4. The van der Waals surface area contributed by atoms with E-state index in [0.717, 1.165) is 6.42 Å². The fraction of sp³-hybridized carbons (Fsp3) is 0.455. The highest BCUT2D eigenvalue weighted by Gasteiger charge is 2.34. The number of carbonyl (C=O) groups is 2. The Balaban J connectivity index is 2.16. The van der Waals surface area contributed by atoms with Gasteiger partial charge in [-0.05, 0) is 12.8 Å². The van der Waals surface area contributed by atoms with E-state index in [2.05, 4.69) is 0 Å². The number of carbonyl (C=O) groups excluding carboxylic acids is 1. The van der Waals surface area contributed by atoms with Crippen LogP contribution >= 0.6 is 11.3 Å². The third-order valence-electron chi connectivity index (χ3n) is 2.82. The Hall–Kier alpha value is -1.56. The second kappa shape index (κ2) is 4.75. The van der Waals surface area contributed by atoms with Crippen LogP contribution in [0.2, 0.25) is 0 Å². The fourth-order valence-electron chi connectivity index (χ4n) is 1.95. The molecule has 92 valence electrons. The number of ether oxygens (including phenoxy) is 1. The molecule has 2 heterocycles. The summed E-state index contributed by atoms with van der Waals surface area (Å²) in [6.07, 6.45) is 1.27. The summed E-state index contributed by atoms with van der Waals surface area (Å²) in [7, 11) is 1.53. The number of carboxylic acid groups (broad SMARTS) is 1. The first-order valence-electron chi connectivity index (χ1n) is 5.30. The summed E-state index contributed by atoms with van der Waals surface area (Å²) in [5.74, 6) is -0.521. The van der Waals surface area contributed by atoms with Crippen molar-refractivity contribution in [3.63, 3.8) is 0 Å². The van der Waals surface area contributed by atoms with Crippen LogP contribution in [0.4, 0.5) is 0 Å². The van der Waals surface area contributed by atoms with Crippen molar-refractivity contribution in [3.8, 4) is 5.75 Å². The molecule has 5 nitrogen and oxygen atoms in total. The maximum atomic E-state index is 12.1. The number of amides is 1. The maximum Gasteiger partial charge on any atom is 0.326 e. The summed E-state index contributed by atoms with van der Waals surface area (Å²) >= 11 is 1.27. The lowest BCUT2D eigenvalue weighted by Crippen LogP contribution is -2.40. The second-order valence-electron chi connectivity index (χ2n) is 3.85. The van der Waals surface area contributed by atoms with Crippen LogP contribution in [0.5, 0.6) is 5.75 Å². The van der Waals surface area contributed by atoms with Crippen molar-refractivity contribution in [2.75, 3.05) is 13.7 Å². The van der Waals surface area contributed by atoms with E-state index in [9.17, 15) is 9.59 Å². The Bertz CT molecular complexity index is 442. The van der Waals surface area contributed by atoms with E-state index in [1.54, 1.807) is 11.4 Å². The van der Waals surface area contributed by atoms with Crippen LogP contribution < -0.4 is 4.74 Å². The molecule has 1 aliphatic rings. The molecular formula is C11H13NO4S. The average Bonchev–Trinajstić information content (AvgIpc) is 2.97. The van der Waals surface area contributed by atoms with Crippen molar-refractivity contribution in [2.24, 2.45) is 0 Å². The molecule has 0 aliphatic carbocycles. The van der Waals surface area contributed by atoms with Gasteiger partial charge in [0.1, 0.15) is 11.8 Å². The number of nitrogens with zero attached hydrogens (tertiary/aromatic N) is 1. The van der Waals surface area contributed by atoms with Gasteiger partial charge >= 0.3 is 5.97 Å². The predicted octanol–water partition coefficient (Wildman–Crippen LogP) is 1.45. The van der Waals surface area contributed by atoms with Crippen molar-refractivity contribution >= 4 is 23.2 Å². The minimum absolute atomic E-state index is 0.219. The summed E-state index contributed by atoms with van der Waals surface area (Å²) in [5, 5.41) is 10.8. The number of methoxy groups -OCH3 is 1. The van der Waals surface area contributed by atoms with E-state index >= 15 is 0 Å². The Morgan fingerprint density at radius 2 is 2.35 bits per heavy atom. The first-order valence-corrected chi connectivity index (χ1v) is 6.17. The molecule has 1 fully saturated rings. The van der Waals surface area contributed by atoms with Crippen LogP contribution in [-0.2, 0) is 4.79 Å². The number of hydrogen-bond donors (Lipinski definition) is 1. The fourth-order valence-corrected chi connectivity index (χ4v) is 2.76. The van der Waals surface area contributed by atoms with Crippen LogP contribution in [0.3, 0.4) is 0 Å². The molecular weight excluding hydrogens is 242 g/mol. The summed E-state index contributed by atoms with van der Waals surface area (Å²) < 4.78 is 5.01. The topological polar surface area (TPSA) is 66.8 Å². The van der Waals surface area contributed by atoms with Crippen molar-refractivity contribution < 1.29 is 19.4 Å². The molecule has 1 aromatic heterocycles. The number of likely N-dealkylation sites (tertiary alicyclic amines) is 1. The average molecular weight is 255 g/mol. The van der Waals surface area contributed by atoms with Crippen LogP contribution in [0.25, 0.3) is 0 Å². The van der Waals surface area contributed by atoms with E-state index in [-0.39, 0.29) is 5.91 Å². The van der Waals surface area contributed by atoms with Crippen LogP contribution in [0, 0.1) is 0 Å². The van der Waals surface area contributed by atoms with Gasteiger partial charge in [0, 0.05) is 18.0 Å². The Labute approximate surface area is 103 Å². The molecule has 1 aromatic rings. The summed E-state index contributed by atoms with van der Waals surface area (Å²) in [5.41, 5.74) is 0. The third-order valence-corrected chi connectivity index (χ3v) is 3.72. The molecule has 0 saturated carbocycles. The van der Waals surface area contributed by atoms with Gasteiger partial charge in [-0.2, -0.15) is 0 Å². The van der Waals surface area contributed by atoms with Crippen LogP contribution in [-0.4, -0.2) is 41.6 Å². The normalized spacial score (nSPS) is 19.4. The van der Waals surface area contributed by atoms with Crippen LogP contribution in [0.1, 0.15) is 22.5 Å². The largest absolute Gasteiger partial charge is 0.496 e. The van der Waals surface area contributed by atoms with Gasteiger partial charge in [-0.15, -0.1) is 11.3 Å². The molecule has 17 heavy (non-hydrogen) atoms. The molecule has 1 saturated heterocycles. The molecule has 2 rings (SSSR count). The van der Waals surface area contributed by atoms with E-state index in [1.807, 2.05) is 0 Å². The molecule has 1 aliphatic heterocycles. The predicted molar refractivity (Wildman–Crippen MR) is 62.6 cm³/mol. The lowest BCUT2D eigenvalue weighted by atomic mass is 10.2. The van der Waals surface area contributed by atoms with E-state index in [1.165, 1.54) is 23.3 Å². The summed E-state index contributed by atoms with van der Waals surface area (Å²) in [4.78, 5) is 25.0. The Morgan fingerprint density at radius 1 is 1.59 bits per heavy atom. The van der Waals surface area contributed by atoms with Crippen LogP contribution in [0.15, 0.2) is 11.4 Å². The zero-order valence-corrected chi connectivity index (χ0v) is 10.2. The highest BCUT2D eigenvalue weighted by atomic mass is 32.1. The summed E-state index contributed by atoms with van der Waals surface area (Å²) in [6.45, 7) is 0.510. The SMILES string of the molecule is COc1csc(C(=O)N2CCC[C@H]2C(=O)O)c1. The molecule has 0 radical (unpaired) electrons. The maximum absolute atomic E-state index is 12.1. The van der Waals surface area contributed by atoms with Crippen molar-refractivity contribution in [1.29, 1.82) is 0 Å². The van der Waals surface area contributed by atoms with Gasteiger partial charge in [-0.25, -0.2) is 4.79 Å². The van der Waals surface area contributed by atoms with Gasteiger partial charge in [0.05, 0.1) is 12.0 Å². The molecule has 0 unspecified atom stereocenters. The van der Waals surface area contributed by atoms with Crippen molar-refractivity contribution in [3.05, 3.63) is 16.3 Å². The molecule has 0 spiro atoms. The van der Waals surface area contributed by atoms with E-state index in [0.29, 0.717) is 23.6 Å². The highest BCUT2D eigenvalue weighted by Crippen LogP contribution is 2.26. The van der Waals surface area contributed by atoms with Gasteiger partial charge < -0.3 is 14.7 Å². The standard InChI is InChI=1S/C11H13NO4S/c1-16-7-5-9(17-6-7)10(13)12-4-2-3-8(12)11(14)15/h5-6,8H,2-4H2,1H3,(H,14,15)/t8-/m0/s1. The summed E-state index contributed by atoms with van der Waals surface area (Å²) in [6, 6.07) is 0.958. The molecule has 1 amide bonds. The number of carboxylic acids is 1. The third kappa shape index (κ3) is 2.26. The van der Waals surface area contributed by atoms with E-state index in [4.69, 9.17) is 9.84 Å². The zero-order valence-electron chi connectivity index (χ0n) is 9.38. The van der Waals surface area contributed by atoms with Crippen molar-refractivity contribution in [2.45, 2.75) is 18.9 Å². The van der Waals surface area contributed by atoms with E-state index < -0.39 is 12.0 Å². The van der Waals surface area contributed by atoms with Gasteiger partial charge in [0.2, 0.25) is 0 Å². The van der Waals surface area contributed by atoms with Gasteiger partial charge in [-0.1, -0.05) is 0 Å². The van der Waals surface area contributed by atoms with Gasteiger partial charge in [-0.3, -0.25) is 4.79 Å². The Morgan fingerprint density at radius 3 is 2.94 bits per heavy atom. The van der Waals surface area contributed by atoms with Gasteiger partial charge in [0.15, 0.2) is 0 Å². The zero-order chi connectivity index (χ0) is 12.4. The molecule has 0 aromatic carbocycles. The lowest BCUT2D eigenvalue weighted by Gasteiger charge is -2.20. The molecule has 6 heteroatoms. The smallest absolute Gasteiger partial charge is 0.326 e. The number of thiophene rings is 1. The molecule has 1 atom stereocenters. The second-order valence-corrected chi connectivity index (χ2v) is 4.76. The monoisotopic (exact) mass is 255 g/mol. The quantitative estimate of drug-likeness (QED) is 0.887. The number of aliphatic carboxylic acids is 1. The lowest BCUT2D eigenvalue weighted by molar-refractivity contribution is -0.141. The van der Waals surface area contributed by atoms with Gasteiger partial charge in [0.25, 0.3) is 5.91 Å². The first kappa shape index (κ1) is 11.9. The molecule has 1 N–H and O–H groups in total. The minimum atomic E-state index is -0.931.